The van der Waals surface area contributed by atoms with E-state index in [2.05, 4.69) is 25.1 Å². The average molecular weight is 437 g/mol. The van der Waals surface area contributed by atoms with Crippen LogP contribution in [-0.4, -0.2) is 71.2 Å². The Labute approximate surface area is 179 Å². The highest BCUT2D eigenvalue weighted by atomic mass is 32.2. The Hall–Kier alpha value is -2.06. The number of ether oxygens (including phenoxy) is 1. The molecule has 0 atom stereocenters. The molecule has 1 saturated heterocycles. The average Bonchev–Trinajstić information content (AvgIpc) is 2.76. The topological polar surface area (TPSA) is 104 Å². The Morgan fingerprint density at radius 1 is 1.20 bits per heavy atom. The van der Waals surface area contributed by atoms with Gasteiger partial charge in [0.25, 0.3) is 0 Å². The first kappa shape index (κ1) is 24.2. The van der Waals surface area contributed by atoms with Gasteiger partial charge in [-0.2, -0.15) is 8.42 Å². The highest BCUT2D eigenvalue weighted by Gasteiger charge is 2.13. The van der Waals surface area contributed by atoms with E-state index in [1.54, 1.807) is 12.1 Å². The maximum absolute atomic E-state index is 11.2. The normalized spacial score (nSPS) is 17.8. The molecular weight excluding hydrogens is 404 g/mol. The van der Waals surface area contributed by atoms with Gasteiger partial charge in [0.2, 0.25) is 0 Å². The zero-order chi connectivity index (χ0) is 21.7. The molecule has 1 aliphatic carbocycles. The maximum Gasteiger partial charge on any atom is 0.340 e. The first-order chi connectivity index (χ1) is 14.5. The smallest absolute Gasteiger partial charge is 0.340 e. The monoisotopic (exact) mass is 436 g/mol. The zero-order valence-electron chi connectivity index (χ0n) is 17.6. The molecule has 1 aromatic rings. The van der Waals surface area contributed by atoms with Crippen LogP contribution < -0.4 is 0 Å². The molecule has 1 saturated carbocycles. The summed E-state index contributed by atoms with van der Waals surface area (Å²) >= 11 is 0. The minimum absolute atomic E-state index is 0.0570. The fourth-order valence-corrected chi connectivity index (χ4v) is 3.93. The van der Waals surface area contributed by atoms with Crippen molar-refractivity contribution in [1.29, 1.82) is 5.41 Å². The second-order valence-electron chi connectivity index (χ2n) is 7.34. The third kappa shape index (κ3) is 9.17. The lowest BCUT2D eigenvalue weighted by Gasteiger charge is -2.25. The Morgan fingerprint density at radius 3 is 2.50 bits per heavy atom. The van der Waals surface area contributed by atoms with E-state index >= 15 is 0 Å². The van der Waals surface area contributed by atoms with Crippen LogP contribution in [0.5, 0.6) is 0 Å². The molecule has 0 bridgehead atoms. The largest absolute Gasteiger partial charge is 0.379 e. The summed E-state index contributed by atoms with van der Waals surface area (Å²) in [5.41, 5.74) is 0.966. The van der Waals surface area contributed by atoms with Crippen LogP contribution in [0.1, 0.15) is 37.7 Å². The van der Waals surface area contributed by atoms with Crippen LogP contribution in [0, 0.1) is 12.3 Å². The van der Waals surface area contributed by atoms with E-state index in [-0.39, 0.29) is 4.90 Å². The molecule has 1 heterocycles. The van der Waals surface area contributed by atoms with Gasteiger partial charge in [-0.3, -0.25) is 10.3 Å². The van der Waals surface area contributed by atoms with Gasteiger partial charge in [-0.1, -0.05) is 37.0 Å². The van der Waals surface area contributed by atoms with E-state index in [4.69, 9.17) is 10.1 Å². The van der Waals surface area contributed by atoms with Crippen molar-refractivity contribution < 1.29 is 17.3 Å². The van der Waals surface area contributed by atoms with E-state index in [1.807, 2.05) is 6.92 Å². The molecule has 0 aromatic heterocycles. The third-order valence-corrected chi connectivity index (χ3v) is 6.20. The molecule has 1 N–H and O–H groups in total. The molecular formula is C21H32N4O4S. The number of nitrogens with zero attached hydrogens (tertiary/aromatic N) is 3. The highest BCUT2D eigenvalue weighted by molar-refractivity contribution is 7.87. The molecule has 2 aliphatic rings. The number of hydrogen-bond acceptors (Lipinski definition) is 8. The van der Waals surface area contributed by atoms with E-state index < -0.39 is 10.1 Å². The summed E-state index contributed by atoms with van der Waals surface area (Å²) < 4.78 is 31.8. The second-order valence-corrected chi connectivity index (χ2v) is 8.91. The molecule has 3 rings (SSSR count). The van der Waals surface area contributed by atoms with Crippen molar-refractivity contribution in [3.8, 4) is 0 Å². The van der Waals surface area contributed by atoms with Crippen molar-refractivity contribution in [3.63, 3.8) is 0 Å². The molecule has 8 nitrogen and oxygen atoms in total. The van der Waals surface area contributed by atoms with Crippen LogP contribution in [0.15, 0.2) is 39.1 Å². The summed E-state index contributed by atoms with van der Waals surface area (Å²) in [6.45, 7) is 7.48. The predicted octanol–water partition coefficient (Wildman–Crippen LogP) is 3.13. The first-order valence-corrected chi connectivity index (χ1v) is 11.8. The van der Waals surface area contributed by atoms with Crippen molar-refractivity contribution in [2.45, 2.75) is 50.0 Å². The summed E-state index contributed by atoms with van der Waals surface area (Å²) in [6.07, 6.45) is 6.88. The van der Waals surface area contributed by atoms with Gasteiger partial charge in [-0.25, -0.2) is 9.98 Å². The Morgan fingerprint density at radius 2 is 1.87 bits per heavy atom. The van der Waals surface area contributed by atoms with E-state index in [1.165, 1.54) is 44.2 Å². The van der Waals surface area contributed by atoms with Gasteiger partial charge in [-0.15, -0.1) is 0 Å². The lowest BCUT2D eigenvalue weighted by atomic mass is 9.96. The van der Waals surface area contributed by atoms with Crippen LogP contribution in [-0.2, 0) is 19.0 Å². The molecule has 0 amide bonds. The SMILES string of the molecule is C(=NCCN1CCOCC1)=NC1CCCCC1.Cc1ccc(S(=O)(=O)OC=N)cc1. The van der Waals surface area contributed by atoms with Crippen molar-refractivity contribution in [2.24, 2.45) is 9.98 Å². The molecule has 2 fully saturated rings. The van der Waals surface area contributed by atoms with Gasteiger partial charge in [0, 0.05) is 19.6 Å². The van der Waals surface area contributed by atoms with Crippen molar-refractivity contribution >= 4 is 22.5 Å². The van der Waals surface area contributed by atoms with Crippen molar-refractivity contribution in [1.82, 2.24) is 4.90 Å². The van der Waals surface area contributed by atoms with Gasteiger partial charge in [0.1, 0.15) is 4.90 Å². The molecule has 1 aliphatic heterocycles. The zero-order valence-corrected chi connectivity index (χ0v) is 18.4. The van der Waals surface area contributed by atoms with E-state index in [0.717, 1.165) is 45.0 Å². The Bertz CT molecular complexity index is 793. The van der Waals surface area contributed by atoms with Crippen LogP contribution in [0.25, 0.3) is 0 Å². The Kier molecular flexibility index (Phi) is 10.7. The van der Waals surface area contributed by atoms with Gasteiger partial charge in [0.15, 0.2) is 6.40 Å². The quantitative estimate of drug-likeness (QED) is 0.402. The fourth-order valence-electron chi connectivity index (χ4n) is 3.22. The summed E-state index contributed by atoms with van der Waals surface area (Å²) in [6, 6.07) is 9.59. The van der Waals surface area contributed by atoms with Gasteiger partial charge >= 0.3 is 10.1 Å². The number of aliphatic imine (C=N–C) groups is 2. The molecule has 166 valence electrons. The van der Waals surface area contributed by atoms with Crippen LogP contribution in [0.2, 0.25) is 0 Å². The number of benzene rings is 1. The van der Waals surface area contributed by atoms with Crippen LogP contribution in [0.4, 0.5) is 0 Å². The predicted molar refractivity (Wildman–Crippen MR) is 117 cm³/mol. The Balaban J connectivity index is 0.000000222. The van der Waals surface area contributed by atoms with Crippen LogP contribution >= 0.6 is 0 Å². The molecule has 0 unspecified atom stereocenters. The minimum atomic E-state index is -3.77. The van der Waals surface area contributed by atoms with E-state index in [0.29, 0.717) is 12.4 Å². The standard InChI is InChI=1S/C13H23N3O.C8H9NO3S/c1-2-4-13(5-3-1)15-12-14-6-7-16-8-10-17-11-9-16;1-7-2-4-8(5-3-7)13(10,11)12-6-9/h13H,1-11H2;2-6,9H,1H3. The van der Waals surface area contributed by atoms with Crippen LogP contribution in [0.3, 0.4) is 0 Å². The van der Waals surface area contributed by atoms with Crippen molar-refractivity contribution in [2.75, 3.05) is 39.4 Å². The summed E-state index contributed by atoms with van der Waals surface area (Å²) in [5.74, 6) is 0. The van der Waals surface area contributed by atoms with Gasteiger partial charge < -0.3 is 8.92 Å². The fraction of sp³-hybridized carbons (Fsp3) is 0.619. The lowest BCUT2D eigenvalue weighted by molar-refractivity contribution is 0.0395. The number of morpholine rings is 1. The maximum atomic E-state index is 11.2. The number of nitrogens with one attached hydrogen (secondary N) is 1. The second kappa shape index (κ2) is 13.3. The molecule has 0 radical (unpaired) electrons. The first-order valence-electron chi connectivity index (χ1n) is 10.4. The molecule has 9 heteroatoms. The third-order valence-electron chi connectivity index (χ3n) is 5.00. The lowest BCUT2D eigenvalue weighted by Crippen LogP contribution is -2.37. The number of rotatable bonds is 7. The summed E-state index contributed by atoms with van der Waals surface area (Å²) in [4.78, 5) is 11.1. The minimum Gasteiger partial charge on any atom is -0.379 e. The summed E-state index contributed by atoms with van der Waals surface area (Å²) in [7, 11) is -3.77. The number of hydrogen-bond donors (Lipinski definition) is 1. The molecule has 30 heavy (non-hydrogen) atoms. The summed E-state index contributed by atoms with van der Waals surface area (Å²) in [5, 5.41) is 6.52. The van der Waals surface area contributed by atoms with Gasteiger partial charge in [0.05, 0.1) is 31.8 Å². The molecule has 0 spiro atoms. The van der Waals surface area contributed by atoms with E-state index in [9.17, 15) is 8.42 Å². The van der Waals surface area contributed by atoms with Gasteiger partial charge in [-0.05, 0) is 31.9 Å². The molecule has 1 aromatic carbocycles. The highest BCUT2D eigenvalue weighted by Crippen LogP contribution is 2.19. The number of aryl methyl sites for hydroxylation is 1. The van der Waals surface area contributed by atoms with Crippen molar-refractivity contribution in [3.05, 3.63) is 29.8 Å².